The number of amides is 1. The first-order valence-electron chi connectivity index (χ1n) is 6.33. The van der Waals surface area contributed by atoms with Crippen LogP contribution in [0, 0.1) is 5.92 Å². The summed E-state index contributed by atoms with van der Waals surface area (Å²) in [7, 11) is 0. The van der Waals surface area contributed by atoms with Crippen LogP contribution in [-0.4, -0.2) is 19.0 Å². The smallest absolute Gasteiger partial charge is 0.230 e. The van der Waals surface area contributed by atoms with E-state index in [0.29, 0.717) is 19.0 Å². The lowest BCUT2D eigenvalue weighted by Crippen LogP contribution is -2.38. The topological polar surface area (TPSA) is 55.1 Å². The van der Waals surface area contributed by atoms with Gasteiger partial charge in [0.15, 0.2) is 0 Å². The van der Waals surface area contributed by atoms with Gasteiger partial charge in [-0.15, -0.1) is 0 Å². The Kier molecular flexibility index (Phi) is 4.07. The number of carbonyl (C=O) groups is 1. The number of carbonyl (C=O) groups excluding carboxylic acids is 1. The predicted molar refractivity (Wildman–Crippen MR) is 76.3 cm³/mol. The second kappa shape index (κ2) is 5.41. The van der Waals surface area contributed by atoms with Crippen LogP contribution in [0.2, 0.25) is 0 Å². The first-order valence-corrected chi connectivity index (χ1v) is 7.12. The Hall–Kier alpha value is -0.870. The fourth-order valence-corrected chi connectivity index (χ4v) is 2.32. The summed E-state index contributed by atoms with van der Waals surface area (Å²) in [6, 6.07) is 8.04. The summed E-state index contributed by atoms with van der Waals surface area (Å²) in [6.07, 6.45) is 1.88. The predicted octanol–water partition coefficient (Wildman–Crippen LogP) is 2.19. The third-order valence-corrected chi connectivity index (χ3v) is 4.12. The molecule has 1 unspecified atom stereocenters. The normalized spacial score (nSPS) is 18.2. The highest BCUT2D eigenvalue weighted by atomic mass is 79.9. The average Bonchev–Trinajstić information content (AvgIpc) is 3.17. The zero-order chi connectivity index (χ0) is 13.2. The van der Waals surface area contributed by atoms with E-state index >= 15 is 0 Å². The van der Waals surface area contributed by atoms with Crippen molar-refractivity contribution in [1.29, 1.82) is 0 Å². The van der Waals surface area contributed by atoms with E-state index in [9.17, 15) is 4.79 Å². The summed E-state index contributed by atoms with van der Waals surface area (Å²) in [5, 5.41) is 3.02. The molecule has 0 saturated heterocycles. The molecule has 0 heterocycles. The van der Waals surface area contributed by atoms with E-state index < -0.39 is 0 Å². The summed E-state index contributed by atoms with van der Waals surface area (Å²) in [5.74, 6) is 0.472. The van der Waals surface area contributed by atoms with Crippen LogP contribution in [0.25, 0.3) is 0 Å². The minimum Gasteiger partial charge on any atom is -0.355 e. The van der Waals surface area contributed by atoms with Crippen molar-refractivity contribution in [1.82, 2.24) is 5.32 Å². The highest BCUT2D eigenvalue weighted by Gasteiger charge is 2.51. The molecule has 1 aliphatic carbocycles. The van der Waals surface area contributed by atoms with Gasteiger partial charge in [0.1, 0.15) is 0 Å². The summed E-state index contributed by atoms with van der Waals surface area (Å²) in [5.41, 5.74) is 6.39. The third-order valence-electron chi connectivity index (χ3n) is 3.59. The molecule has 18 heavy (non-hydrogen) atoms. The fraction of sp³-hybridized carbons (Fsp3) is 0.500. The monoisotopic (exact) mass is 310 g/mol. The van der Waals surface area contributed by atoms with Crippen molar-refractivity contribution in [2.45, 2.75) is 25.2 Å². The van der Waals surface area contributed by atoms with Gasteiger partial charge in [0, 0.05) is 11.0 Å². The quantitative estimate of drug-likeness (QED) is 0.876. The second-order valence-corrected chi connectivity index (χ2v) is 6.06. The van der Waals surface area contributed by atoms with Crippen molar-refractivity contribution < 1.29 is 4.79 Å². The van der Waals surface area contributed by atoms with Crippen LogP contribution in [0.1, 0.15) is 25.3 Å². The van der Waals surface area contributed by atoms with Gasteiger partial charge in [-0.05, 0) is 43.0 Å². The van der Waals surface area contributed by atoms with Gasteiger partial charge in [-0.1, -0.05) is 35.0 Å². The van der Waals surface area contributed by atoms with E-state index in [1.54, 1.807) is 0 Å². The molecular weight excluding hydrogens is 292 g/mol. The van der Waals surface area contributed by atoms with E-state index in [1.165, 1.54) is 0 Å². The van der Waals surface area contributed by atoms with Crippen LogP contribution in [0.15, 0.2) is 28.7 Å². The van der Waals surface area contributed by atoms with Crippen LogP contribution in [0.5, 0.6) is 0 Å². The number of nitrogens with one attached hydrogen (secondary N) is 1. The molecule has 1 aliphatic rings. The number of benzene rings is 1. The molecular formula is C14H19BrN2O. The van der Waals surface area contributed by atoms with E-state index in [1.807, 2.05) is 31.2 Å². The molecule has 1 aromatic rings. The van der Waals surface area contributed by atoms with E-state index in [0.717, 1.165) is 22.9 Å². The lowest BCUT2D eigenvalue weighted by atomic mass is 9.95. The SMILES string of the molecule is CC(CN)CNC(=O)C1(c2ccc(Br)cc2)CC1. The molecule has 1 aromatic carbocycles. The first kappa shape index (κ1) is 13.6. The Morgan fingerprint density at radius 3 is 2.56 bits per heavy atom. The Balaban J connectivity index is 2.03. The second-order valence-electron chi connectivity index (χ2n) is 5.14. The van der Waals surface area contributed by atoms with Crippen molar-refractivity contribution >= 4 is 21.8 Å². The van der Waals surface area contributed by atoms with E-state index in [-0.39, 0.29) is 11.3 Å². The van der Waals surface area contributed by atoms with E-state index in [4.69, 9.17) is 5.73 Å². The standard InChI is InChI=1S/C14H19BrN2O/c1-10(8-16)9-17-13(18)14(6-7-14)11-2-4-12(15)5-3-11/h2-5,10H,6-9,16H2,1H3,(H,17,18). The van der Waals surface area contributed by atoms with Gasteiger partial charge in [-0.3, -0.25) is 4.79 Å². The molecule has 3 nitrogen and oxygen atoms in total. The number of hydrogen-bond donors (Lipinski definition) is 2. The molecule has 98 valence electrons. The van der Waals surface area contributed by atoms with Gasteiger partial charge >= 0.3 is 0 Å². The van der Waals surface area contributed by atoms with Gasteiger partial charge in [-0.2, -0.15) is 0 Å². The number of nitrogens with two attached hydrogens (primary N) is 1. The van der Waals surface area contributed by atoms with Crippen LogP contribution < -0.4 is 11.1 Å². The maximum Gasteiger partial charge on any atom is 0.230 e. The maximum atomic E-state index is 12.3. The Morgan fingerprint density at radius 1 is 1.44 bits per heavy atom. The zero-order valence-electron chi connectivity index (χ0n) is 10.6. The largest absolute Gasteiger partial charge is 0.355 e. The molecule has 0 aromatic heterocycles. The summed E-state index contributed by atoms with van der Waals surface area (Å²) in [6.45, 7) is 3.30. The molecule has 0 bridgehead atoms. The van der Waals surface area contributed by atoms with Crippen molar-refractivity contribution in [2.75, 3.05) is 13.1 Å². The van der Waals surface area contributed by atoms with Crippen LogP contribution >= 0.6 is 15.9 Å². The minimum absolute atomic E-state index is 0.144. The molecule has 4 heteroatoms. The van der Waals surface area contributed by atoms with Gasteiger partial charge in [0.2, 0.25) is 5.91 Å². The Labute approximate surface area is 116 Å². The minimum atomic E-state index is -0.283. The highest BCUT2D eigenvalue weighted by Crippen LogP contribution is 2.48. The molecule has 0 radical (unpaired) electrons. The number of rotatable bonds is 5. The fourth-order valence-electron chi connectivity index (χ4n) is 2.06. The van der Waals surface area contributed by atoms with Crippen LogP contribution in [0.4, 0.5) is 0 Å². The summed E-state index contributed by atoms with van der Waals surface area (Å²) < 4.78 is 1.04. The van der Waals surface area contributed by atoms with Crippen LogP contribution in [-0.2, 0) is 10.2 Å². The number of halogens is 1. The first-order chi connectivity index (χ1) is 8.58. The zero-order valence-corrected chi connectivity index (χ0v) is 12.2. The summed E-state index contributed by atoms with van der Waals surface area (Å²) >= 11 is 3.41. The lowest BCUT2D eigenvalue weighted by Gasteiger charge is -2.17. The lowest BCUT2D eigenvalue weighted by molar-refractivity contribution is -0.123. The van der Waals surface area contributed by atoms with Crippen molar-refractivity contribution in [3.8, 4) is 0 Å². The molecule has 0 aliphatic heterocycles. The molecule has 1 amide bonds. The maximum absolute atomic E-state index is 12.3. The Bertz CT molecular complexity index is 426. The van der Waals surface area contributed by atoms with Gasteiger partial charge in [0.25, 0.3) is 0 Å². The van der Waals surface area contributed by atoms with Gasteiger partial charge < -0.3 is 11.1 Å². The summed E-state index contributed by atoms with van der Waals surface area (Å²) in [4.78, 5) is 12.3. The van der Waals surface area contributed by atoms with E-state index in [2.05, 4.69) is 21.2 Å². The highest BCUT2D eigenvalue weighted by molar-refractivity contribution is 9.10. The average molecular weight is 311 g/mol. The van der Waals surface area contributed by atoms with Crippen molar-refractivity contribution in [2.24, 2.45) is 11.7 Å². The Morgan fingerprint density at radius 2 is 2.06 bits per heavy atom. The van der Waals surface area contributed by atoms with Crippen molar-refractivity contribution in [3.63, 3.8) is 0 Å². The molecule has 1 saturated carbocycles. The molecule has 3 N–H and O–H groups in total. The van der Waals surface area contributed by atoms with Crippen molar-refractivity contribution in [3.05, 3.63) is 34.3 Å². The molecule has 0 spiro atoms. The van der Waals surface area contributed by atoms with Gasteiger partial charge in [-0.25, -0.2) is 0 Å². The molecule has 1 atom stereocenters. The number of hydrogen-bond acceptors (Lipinski definition) is 2. The molecule has 2 rings (SSSR count). The third kappa shape index (κ3) is 2.75. The van der Waals surface area contributed by atoms with Gasteiger partial charge in [0.05, 0.1) is 5.41 Å². The van der Waals surface area contributed by atoms with Crippen LogP contribution in [0.3, 0.4) is 0 Å². The molecule has 1 fully saturated rings.